The lowest BCUT2D eigenvalue weighted by atomic mass is 10.1. The van der Waals surface area contributed by atoms with E-state index in [-0.39, 0.29) is 12.1 Å². The van der Waals surface area contributed by atoms with E-state index >= 15 is 0 Å². The summed E-state index contributed by atoms with van der Waals surface area (Å²) in [6.07, 6.45) is 0.517. The number of carbonyl (C=O) groups excluding carboxylic acids is 1. The Morgan fingerprint density at radius 1 is 1.32 bits per heavy atom. The lowest BCUT2D eigenvalue weighted by Crippen LogP contribution is -2.39. The van der Waals surface area contributed by atoms with Crippen molar-refractivity contribution in [3.63, 3.8) is 0 Å². The third-order valence-corrected chi connectivity index (χ3v) is 4.32. The summed E-state index contributed by atoms with van der Waals surface area (Å²) in [5, 5.41) is 6.39. The van der Waals surface area contributed by atoms with Gasteiger partial charge in [0.05, 0.1) is 0 Å². The van der Waals surface area contributed by atoms with Gasteiger partial charge in [-0.25, -0.2) is 4.79 Å². The van der Waals surface area contributed by atoms with E-state index in [0.717, 1.165) is 13.0 Å². The van der Waals surface area contributed by atoms with E-state index in [1.807, 2.05) is 39.0 Å². The van der Waals surface area contributed by atoms with E-state index in [0.29, 0.717) is 6.04 Å². The van der Waals surface area contributed by atoms with Crippen LogP contribution in [0.5, 0.6) is 0 Å². The zero-order valence-corrected chi connectivity index (χ0v) is 15.7. The molecule has 0 saturated carbocycles. The number of aryl methyl sites for hydroxylation is 2. The molecule has 126 valence electrons. The van der Waals surface area contributed by atoms with Gasteiger partial charge in [-0.2, -0.15) is 0 Å². The summed E-state index contributed by atoms with van der Waals surface area (Å²) in [6, 6.07) is 2.67. The minimum atomic E-state index is -0.453. The summed E-state index contributed by atoms with van der Waals surface area (Å²) < 4.78 is 5.25. The molecule has 0 spiro atoms. The molecule has 0 radical (unpaired) electrons. The van der Waals surface area contributed by atoms with Crippen LogP contribution in [-0.2, 0) is 4.74 Å². The Labute approximate surface area is 138 Å². The van der Waals surface area contributed by atoms with Crippen molar-refractivity contribution in [3.05, 3.63) is 21.4 Å². The molecule has 2 N–H and O–H groups in total. The summed E-state index contributed by atoms with van der Waals surface area (Å²) in [4.78, 5) is 14.4. The molecule has 22 heavy (non-hydrogen) atoms. The first-order valence-electron chi connectivity index (χ1n) is 7.88. The first-order valence-corrected chi connectivity index (χ1v) is 8.70. The highest BCUT2D eigenvalue weighted by atomic mass is 32.1. The number of hydrogen-bond donors (Lipinski definition) is 2. The number of thiophene rings is 1. The van der Waals surface area contributed by atoms with Gasteiger partial charge in [-0.15, -0.1) is 11.3 Å². The quantitative estimate of drug-likeness (QED) is 0.818. The number of hydrogen-bond acceptors (Lipinski definition) is 4. The molecule has 1 amide bonds. The standard InChI is InChI=1S/C17H30N2O2S/c1-11(19-16(20)21-17(5,6)7)8-9-18-13(3)15-10-12(2)22-14(15)4/h10-11,13,18H,8-9H2,1-7H3,(H,19,20). The molecule has 1 aromatic heterocycles. The number of nitrogens with one attached hydrogen (secondary N) is 2. The SMILES string of the molecule is Cc1cc(C(C)NCCC(C)NC(=O)OC(C)(C)C)c(C)s1. The Kier molecular flexibility index (Phi) is 6.88. The second-order valence-electron chi connectivity index (χ2n) is 6.88. The molecule has 0 aliphatic rings. The molecule has 1 aromatic rings. The maximum absolute atomic E-state index is 11.7. The van der Waals surface area contributed by atoms with Crippen molar-refractivity contribution >= 4 is 17.4 Å². The minimum absolute atomic E-state index is 0.0832. The van der Waals surface area contributed by atoms with E-state index in [9.17, 15) is 4.79 Å². The second kappa shape index (κ2) is 7.97. The molecule has 0 fully saturated rings. The average Bonchev–Trinajstić information content (AvgIpc) is 2.65. The molecule has 0 aromatic carbocycles. The highest BCUT2D eigenvalue weighted by Gasteiger charge is 2.17. The topological polar surface area (TPSA) is 50.4 Å². The molecule has 1 heterocycles. The van der Waals surface area contributed by atoms with Crippen LogP contribution in [0.1, 0.15) is 62.4 Å². The summed E-state index contributed by atoms with van der Waals surface area (Å²) in [7, 11) is 0. The largest absolute Gasteiger partial charge is 0.444 e. The van der Waals surface area contributed by atoms with Crippen molar-refractivity contribution in [1.82, 2.24) is 10.6 Å². The Morgan fingerprint density at radius 3 is 2.45 bits per heavy atom. The molecule has 4 nitrogen and oxygen atoms in total. The maximum Gasteiger partial charge on any atom is 0.407 e. The molecule has 0 aliphatic carbocycles. The van der Waals surface area contributed by atoms with Gasteiger partial charge in [-0.05, 0) is 73.1 Å². The first kappa shape index (κ1) is 19.0. The Hall–Kier alpha value is -1.07. The maximum atomic E-state index is 11.7. The zero-order valence-electron chi connectivity index (χ0n) is 14.9. The molecular weight excluding hydrogens is 296 g/mol. The molecule has 2 atom stereocenters. The smallest absolute Gasteiger partial charge is 0.407 e. The van der Waals surface area contributed by atoms with Crippen molar-refractivity contribution in [3.8, 4) is 0 Å². The zero-order chi connectivity index (χ0) is 16.9. The lowest BCUT2D eigenvalue weighted by molar-refractivity contribution is 0.0506. The molecule has 0 saturated heterocycles. The van der Waals surface area contributed by atoms with Crippen molar-refractivity contribution in [2.45, 2.75) is 72.6 Å². The molecule has 0 bridgehead atoms. The second-order valence-corrected chi connectivity index (χ2v) is 8.34. The fraction of sp³-hybridized carbons (Fsp3) is 0.706. The summed E-state index contributed by atoms with van der Waals surface area (Å²) in [5.74, 6) is 0. The first-order chi connectivity index (χ1) is 10.1. The third-order valence-electron chi connectivity index (χ3n) is 3.34. The predicted octanol–water partition coefficient (Wildman–Crippen LogP) is 4.32. The van der Waals surface area contributed by atoms with Crippen LogP contribution in [0.2, 0.25) is 0 Å². The van der Waals surface area contributed by atoms with Crippen LogP contribution in [0.3, 0.4) is 0 Å². The number of carbonyl (C=O) groups is 1. The van der Waals surface area contributed by atoms with Crippen LogP contribution in [0.4, 0.5) is 4.79 Å². The van der Waals surface area contributed by atoms with Gasteiger partial charge in [0.25, 0.3) is 0 Å². The number of amides is 1. The van der Waals surface area contributed by atoms with Crippen LogP contribution >= 0.6 is 11.3 Å². The Bertz CT molecular complexity index is 491. The third kappa shape index (κ3) is 6.79. The lowest BCUT2D eigenvalue weighted by Gasteiger charge is -2.22. The van der Waals surface area contributed by atoms with Crippen molar-refractivity contribution in [2.75, 3.05) is 6.54 Å². The molecule has 1 rings (SSSR count). The highest BCUT2D eigenvalue weighted by molar-refractivity contribution is 7.12. The molecule has 2 unspecified atom stereocenters. The Balaban J connectivity index is 2.31. The fourth-order valence-corrected chi connectivity index (χ4v) is 3.31. The van der Waals surface area contributed by atoms with Gasteiger partial charge < -0.3 is 15.4 Å². The number of ether oxygens (including phenoxy) is 1. The van der Waals surface area contributed by atoms with Gasteiger partial charge in [0.15, 0.2) is 0 Å². The van der Waals surface area contributed by atoms with Crippen molar-refractivity contribution in [1.29, 1.82) is 0 Å². The fourth-order valence-electron chi connectivity index (χ4n) is 2.29. The van der Waals surface area contributed by atoms with Crippen LogP contribution in [-0.4, -0.2) is 24.3 Å². The van der Waals surface area contributed by atoms with Crippen LogP contribution in [0.15, 0.2) is 6.07 Å². The van der Waals surface area contributed by atoms with Crippen molar-refractivity contribution < 1.29 is 9.53 Å². The summed E-state index contributed by atoms with van der Waals surface area (Å²) in [6.45, 7) is 14.9. The number of rotatable bonds is 6. The van der Waals surface area contributed by atoms with E-state index in [2.05, 4.69) is 37.5 Å². The van der Waals surface area contributed by atoms with Gasteiger partial charge in [-0.1, -0.05) is 0 Å². The van der Waals surface area contributed by atoms with E-state index in [1.54, 1.807) is 0 Å². The molecular formula is C17H30N2O2S. The van der Waals surface area contributed by atoms with Gasteiger partial charge in [0.1, 0.15) is 5.60 Å². The van der Waals surface area contributed by atoms with Crippen LogP contribution in [0.25, 0.3) is 0 Å². The van der Waals surface area contributed by atoms with Crippen LogP contribution in [0, 0.1) is 13.8 Å². The normalized spacial score (nSPS) is 14.5. The number of alkyl carbamates (subject to hydrolysis) is 1. The van der Waals surface area contributed by atoms with Gasteiger partial charge in [0, 0.05) is 21.8 Å². The average molecular weight is 327 g/mol. The van der Waals surface area contributed by atoms with Crippen molar-refractivity contribution in [2.24, 2.45) is 0 Å². The van der Waals surface area contributed by atoms with Crippen LogP contribution < -0.4 is 10.6 Å². The van der Waals surface area contributed by atoms with E-state index < -0.39 is 5.60 Å². The van der Waals surface area contributed by atoms with Gasteiger partial charge >= 0.3 is 6.09 Å². The molecule has 5 heteroatoms. The Morgan fingerprint density at radius 2 is 1.95 bits per heavy atom. The highest BCUT2D eigenvalue weighted by Crippen LogP contribution is 2.25. The molecule has 0 aliphatic heterocycles. The summed E-state index contributed by atoms with van der Waals surface area (Å²) >= 11 is 1.84. The van der Waals surface area contributed by atoms with Gasteiger partial charge in [0.2, 0.25) is 0 Å². The van der Waals surface area contributed by atoms with Gasteiger partial charge in [-0.3, -0.25) is 0 Å². The predicted molar refractivity (Wildman–Crippen MR) is 93.7 cm³/mol. The minimum Gasteiger partial charge on any atom is -0.444 e. The van der Waals surface area contributed by atoms with E-state index in [4.69, 9.17) is 4.74 Å². The monoisotopic (exact) mass is 326 g/mol. The summed E-state index contributed by atoms with van der Waals surface area (Å²) in [5.41, 5.74) is 0.917. The van der Waals surface area contributed by atoms with E-state index in [1.165, 1.54) is 15.3 Å².